The summed E-state index contributed by atoms with van der Waals surface area (Å²) in [5, 5.41) is 0.724. The zero-order valence-electron chi connectivity index (χ0n) is 14.1. The standard InChI is InChI=1S/C19H25ClN2O/c1-5-23-14(4)19(21)18(13(3)22-17-10-11-17)12(2)15-6-8-16(20)9-7-15/h6-9,12,17H,4-5,10-11,21H2,1-3H3. The van der Waals surface area contributed by atoms with E-state index >= 15 is 0 Å². The van der Waals surface area contributed by atoms with Gasteiger partial charge in [-0.3, -0.25) is 4.99 Å². The molecule has 1 atom stereocenters. The molecule has 0 bridgehead atoms. The van der Waals surface area contributed by atoms with Crippen molar-refractivity contribution in [2.75, 3.05) is 6.61 Å². The Morgan fingerprint density at radius 2 is 2.00 bits per heavy atom. The molecule has 0 aliphatic heterocycles. The number of nitrogens with zero attached hydrogens (tertiary/aromatic N) is 1. The third-order valence-corrected chi connectivity index (χ3v) is 4.28. The summed E-state index contributed by atoms with van der Waals surface area (Å²) in [6.45, 7) is 10.6. The van der Waals surface area contributed by atoms with Crippen LogP contribution >= 0.6 is 11.6 Å². The summed E-state index contributed by atoms with van der Waals surface area (Å²) in [5.74, 6) is 0.598. The van der Waals surface area contributed by atoms with Gasteiger partial charge in [0.25, 0.3) is 0 Å². The lowest BCUT2D eigenvalue weighted by molar-refractivity contribution is 0.238. The number of ether oxygens (including phenoxy) is 1. The van der Waals surface area contributed by atoms with Gasteiger partial charge in [-0.25, -0.2) is 0 Å². The van der Waals surface area contributed by atoms with Gasteiger partial charge in [-0.05, 0) is 44.4 Å². The molecule has 0 heterocycles. The van der Waals surface area contributed by atoms with Crippen LogP contribution < -0.4 is 5.73 Å². The highest BCUT2D eigenvalue weighted by Gasteiger charge is 2.24. The molecule has 3 nitrogen and oxygen atoms in total. The predicted molar refractivity (Wildman–Crippen MR) is 98.0 cm³/mol. The van der Waals surface area contributed by atoms with Gasteiger partial charge in [-0.1, -0.05) is 37.2 Å². The Hall–Kier alpha value is -1.74. The first-order chi connectivity index (χ1) is 10.9. The predicted octanol–water partition coefficient (Wildman–Crippen LogP) is 4.83. The largest absolute Gasteiger partial charge is 0.492 e. The third kappa shape index (κ3) is 4.61. The molecule has 1 aromatic rings. The second-order valence-electron chi connectivity index (χ2n) is 5.90. The lowest BCUT2D eigenvalue weighted by atomic mass is 9.88. The molecule has 0 radical (unpaired) electrons. The van der Waals surface area contributed by atoms with Crippen LogP contribution in [-0.2, 0) is 4.74 Å². The smallest absolute Gasteiger partial charge is 0.135 e. The first kappa shape index (κ1) is 17.6. The maximum Gasteiger partial charge on any atom is 0.135 e. The summed E-state index contributed by atoms with van der Waals surface area (Å²) in [5.41, 5.74) is 10.0. The highest BCUT2D eigenvalue weighted by molar-refractivity contribution is 6.30. The van der Waals surface area contributed by atoms with E-state index in [1.807, 2.05) is 38.1 Å². The molecular weight excluding hydrogens is 308 g/mol. The molecule has 0 spiro atoms. The fourth-order valence-corrected chi connectivity index (χ4v) is 2.73. The average Bonchev–Trinajstić information content (AvgIpc) is 3.32. The summed E-state index contributed by atoms with van der Waals surface area (Å²) >= 11 is 6.00. The number of hydrogen-bond donors (Lipinski definition) is 1. The van der Waals surface area contributed by atoms with Crippen LogP contribution in [0.15, 0.2) is 52.9 Å². The van der Waals surface area contributed by atoms with Crippen LogP contribution in [0, 0.1) is 0 Å². The number of benzene rings is 1. The summed E-state index contributed by atoms with van der Waals surface area (Å²) in [6, 6.07) is 8.27. The first-order valence-electron chi connectivity index (χ1n) is 8.06. The number of nitrogens with two attached hydrogens (primary N) is 1. The van der Waals surface area contributed by atoms with E-state index in [9.17, 15) is 0 Å². The van der Waals surface area contributed by atoms with Crippen molar-refractivity contribution in [3.63, 3.8) is 0 Å². The molecule has 124 valence electrons. The summed E-state index contributed by atoms with van der Waals surface area (Å²) in [4.78, 5) is 4.77. The lowest BCUT2D eigenvalue weighted by Gasteiger charge is -2.21. The van der Waals surface area contributed by atoms with Crippen molar-refractivity contribution < 1.29 is 4.74 Å². The highest BCUT2D eigenvalue weighted by Crippen LogP contribution is 2.31. The van der Waals surface area contributed by atoms with Gasteiger partial charge in [-0.2, -0.15) is 0 Å². The number of allylic oxidation sites excluding steroid dienone is 1. The van der Waals surface area contributed by atoms with Gasteiger partial charge >= 0.3 is 0 Å². The number of rotatable bonds is 7. The number of halogens is 1. The minimum absolute atomic E-state index is 0.0898. The second-order valence-corrected chi connectivity index (χ2v) is 6.34. The van der Waals surface area contributed by atoms with Crippen molar-refractivity contribution in [3.8, 4) is 0 Å². The van der Waals surface area contributed by atoms with Crippen LogP contribution in [0.2, 0.25) is 5.02 Å². The van der Waals surface area contributed by atoms with Crippen LogP contribution in [-0.4, -0.2) is 18.4 Å². The molecule has 4 heteroatoms. The molecule has 2 N–H and O–H groups in total. The van der Waals surface area contributed by atoms with Crippen molar-refractivity contribution >= 4 is 17.3 Å². The van der Waals surface area contributed by atoms with Gasteiger partial charge in [0.2, 0.25) is 0 Å². The Morgan fingerprint density at radius 1 is 1.39 bits per heavy atom. The monoisotopic (exact) mass is 332 g/mol. The molecular formula is C19H25ClN2O. The van der Waals surface area contributed by atoms with E-state index in [4.69, 9.17) is 27.1 Å². The molecule has 1 aromatic carbocycles. The second kappa shape index (κ2) is 7.69. The minimum Gasteiger partial charge on any atom is -0.492 e. The van der Waals surface area contributed by atoms with Crippen LogP contribution in [0.25, 0.3) is 0 Å². The third-order valence-electron chi connectivity index (χ3n) is 4.03. The Bertz CT molecular complexity index is 627. The SMILES string of the molecule is C=C(OCC)C(N)=C(C(C)=NC1CC1)C(C)c1ccc(Cl)cc1. The Morgan fingerprint density at radius 3 is 2.52 bits per heavy atom. The fourth-order valence-electron chi connectivity index (χ4n) is 2.61. The average molecular weight is 333 g/mol. The van der Waals surface area contributed by atoms with E-state index in [2.05, 4.69) is 13.5 Å². The van der Waals surface area contributed by atoms with Gasteiger partial charge in [0.1, 0.15) is 5.76 Å². The van der Waals surface area contributed by atoms with E-state index in [1.165, 1.54) is 0 Å². The van der Waals surface area contributed by atoms with E-state index in [1.54, 1.807) is 0 Å². The summed E-state index contributed by atoms with van der Waals surface area (Å²) in [6.07, 6.45) is 2.32. The molecule has 1 aliphatic carbocycles. The first-order valence-corrected chi connectivity index (χ1v) is 8.43. The molecule has 1 unspecified atom stereocenters. The Kier molecular flexibility index (Phi) is 5.89. The van der Waals surface area contributed by atoms with Gasteiger partial charge in [0.15, 0.2) is 0 Å². The minimum atomic E-state index is 0.0898. The molecule has 1 aliphatic rings. The number of aliphatic imine (C=N–C) groups is 1. The van der Waals surface area contributed by atoms with Crippen molar-refractivity contribution in [1.82, 2.24) is 0 Å². The van der Waals surface area contributed by atoms with Crippen molar-refractivity contribution in [2.24, 2.45) is 10.7 Å². The normalized spacial score (nSPS) is 17.5. The van der Waals surface area contributed by atoms with Crippen LogP contribution in [0.1, 0.15) is 45.1 Å². The van der Waals surface area contributed by atoms with E-state index < -0.39 is 0 Å². The molecule has 0 saturated heterocycles. The van der Waals surface area contributed by atoms with Crippen molar-refractivity contribution in [2.45, 2.75) is 45.6 Å². The van der Waals surface area contributed by atoms with Crippen molar-refractivity contribution in [3.05, 3.63) is 58.5 Å². The van der Waals surface area contributed by atoms with Crippen LogP contribution in [0.4, 0.5) is 0 Å². The summed E-state index contributed by atoms with van der Waals surface area (Å²) in [7, 11) is 0. The van der Waals surface area contributed by atoms with Gasteiger partial charge < -0.3 is 10.5 Å². The van der Waals surface area contributed by atoms with Gasteiger partial charge in [-0.15, -0.1) is 0 Å². The molecule has 0 amide bonds. The zero-order valence-corrected chi connectivity index (χ0v) is 14.9. The molecule has 0 aromatic heterocycles. The van der Waals surface area contributed by atoms with Crippen LogP contribution in [0.3, 0.4) is 0 Å². The van der Waals surface area contributed by atoms with E-state index in [0.717, 1.165) is 34.7 Å². The maximum absolute atomic E-state index is 6.36. The Labute approximate surface area is 143 Å². The topological polar surface area (TPSA) is 47.6 Å². The zero-order chi connectivity index (χ0) is 17.0. The van der Waals surface area contributed by atoms with E-state index in [-0.39, 0.29) is 5.92 Å². The van der Waals surface area contributed by atoms with Crippen LogP contribution in [0.5, 0.6) is 0 Å². The van der Waals surface area contributed by atoms with Gasteiger partial charge in [0.05, 0.1) is 18.3 Å². The summed E-state index contributed by atoms with van der Waals surface area (Å²) < 4.78 is 5.51. The molecule has 2 rings (SSSR count). The maximum atomic E-state index is 6.36. The molecule has 1 fully saturated rings. The molecule has 1 saturated carbocycles. The Balaban J connectivity index is 2.41. The highest BCUT2D eigenvalue weighted by atomic mass is 35.5. The quantitative estimate of drug-likeness (QED) is 0.441. The molecule has 23 heavy (non-hydrogen) atoms. The van der Waals surface area contributed by atoms with Crippen molar-refractivity contribution in [1.29, 1.82) is 0 Å². The van der Waals surface area contributed by atoms with Gasteiger partial charge in [0, 0.05) is 22.2 Å². The fraction of sp³-hybridized carbons (Fsp3) is 0.421. The number of hydrogen-bond acceptors (Lipinski definition) is 3. The lowest BCUT2D eigenvalue weighted by Crippen LogP contribution is -2.17. The van der Waals surface area contributed by atoms with E-state index in [0.29, 0.717) is 24.1 Å².